The molecule has 0 fully saturated rings. The minimum Gasteiger partial charge on any atom is -0.496 e. The Morgan fingerprint density at radius 1 is 1.40 bits per heavy atom. The van der Waals surface area contributed by atoms with Gasteiger partial charge in [-0.2, -0.15) is 0 Å². The topological polar surface area (TPSA) is 51.2 Å². The average molecular weight is 290 g/mol. The van der Waals surface area contributed by atoms with Gasteiger partial charge in [0.1, 0.15) is 10.8 Å². The molecule has 0 bridgehead atoms. The second-order valence-corrected chi connectivity index (χ2v) is 5.77. The number of methoxy groups -OCH3 is 1. The van der Waals surface area contributed by atoms with Crippen molar-refractivity contribution in [1.29, 1.82) is 0 Å². The fourth-order valence-corrected chi connectivity index (χ4v) is 2.63. The number of nitrogens with zero attached hydrogens (tertiary/aromatic N) is 1. The lowest BCUT2D eigenvalue weighted by atomic mass is 10.1. The van der Waals surface area contributed by atoms with Crippen molar-refractivity contribution < 1.29 is 9.53 Å². The van der Waals surface area contributed by atoms with E-state index in [1.54, 1.807) is 18.4 Å². The Morgan fingerprint density at radius 3 is 2.90 bits per heavy atom. The number of nitrogens with one attached hydrogen (secondary N) is 1. The molecule has 0 aliphatic rings. The molecule has 0 aliphatic carbocycles. The van der Waals surface area contributed by atoms with Gasteiger partial charge in [-0.25, -0.2) is 4.98 Å². The van der Waals surface area contributed by atoms with Gasteiger partial charge < -0.3 is 10.1 Å². The van der Waals surface area contributed by atoms with E-state index in [0.29, 0.717) is 19.4 Å². The number of ether oxygens (including phenoxy) is 1. The predicted molar refractivity (Wildman–Crippen MR) is 80.0 cm³/mol. The predicted octanol–water partition coefficient (Wildman–Crippen LogP) is 2.71. The molecule has 1 aromatic carbocycles. The molecule has 20 heavy (non-hydrogen) atoms. The van der Waals surface area contributed by atoms with Crippen molar-refractivity contribution in [3.63, 3.8) is 0 Å². The van der Waals surface area contributed by atoms with Gasteiger partial charge in [0.05, 0.1) is 13.7 Å². The summed E-state index contributed by atoms with van der Waals surface area (Å²) in [5.41, 5.74) is 1.05. The molecule has 2 rings (SSSR count). The van der Waals surface area contributed by atoms with E-state index in [2.05, 4.69) is 10.3 Å². The second kappa shape index (κ2) is 7.05. The molecule has 0 aliphatic heterocycles. The summed E-state index contributed by atoms with van der Waals surface area (Å²) in [6.45, 7) is 2.51. The Labute approximate surface area is 122 Å². The van der Waals surface area contributed by atoms with Crippen LogP contribution in [0.1, 0.15) is 21.9 Å². The van der Waals surface area contributed by atoms with Gasteiger partial charge in [-0.3, -0.25) is 4.79 Å². The molecular formula is C15H18N2O2S. The van der Waals surface area contributed by atoms with Crippen LogP contribution >= 0.6 is 11.3 Å². The lowest BCUT2D eigenvalue weighted by molar-refractivity contribution is -0.121. The fraction of sp³-hybridized carbons (Fsp3) is 0.333. The van der Waals surface area contributed by atoms with Gasteiger partial charge in [0.15, 0.2) is 0 Å². The van der Waals surface area contributed by atoms with E-state index in [0.717, 1.165) is 21.2 Å². The number of aryl methyl sites for hydroxylation is 2. The van der Waals surface area contributed by atoms with E-state index < -0.39 is 0 Å². The van der Waals surface area contributed by atoms with Crippen LogP contribution in [-0.4, -0.2) is 18.0 Å². The first kappa shape index (κ1) is 14.5. The first-order chi connectivity index (χ1) is 9.69. The van der Waals surface area contributed by atoms with Crippen LogP contribution in [-0.2, 0) is 17.8 Å². The maximum Gasteiger partial charge on any atom is 0.220 e. The smallest absolute Gasteiger partial charge is 0.220 e. The van der Waals surface area contributed by atoms with Crippen molar-refractivity contribution in [1.82, 2.24) is 10.3 Å². The minimum atomic E-state index is 0.0313. The standard InChI is InChI=1S/C15H18N2O2S/c1-11-9-17-15(20-11)10-16-14(18)8-7-12-5-3-4-6-13(12)19-2/h3-6,9H,7-8,10H2,1-2H3,(H,16,18). The number of aromatic nitrogens is 1. The van der Waals surface area contributed by atoms with Crippen molar-refractivity contribution in [2.45, 2.75) is 26.3 Å². The summed E-state index contributed by atoms with van der Waals surface area (Å²) in [5.74, 6) is 0.861. The highest BCUT2D eigenvalue weighted by Crippen LogP contribution is 2.18. The molecule has 2 aromatic rings. The molecule has 0 radical (unpaired) electrons. The molecule has 1 heterocycles. The molecule has 0 unspecified atom stereocenters. The molecule has 0 atom stereocenters. The normalized spacial score (nSPS) is 10.3. The second-order valence-electron chi connectivity index (χ2n) is 4.45. The molecule has 106 valence electrons. The van der Waals surface area contributed by atoms with E-state index in [9.17, 15) is 4.79 Å². The maximum atomic E-state index is 11.8. The summed E-state index contributed by atoms with van der Waals surface area (Å²) in [5, 5.41) is 3.83. The number of carbonyl (C=O) groups is 1. The van der Waals surface area contributed by atoms with Gasteiger partial charge >= 0.3 is 0 Å². The number of hydrogen-bond donors (Lipinski definition) is 1. The number of benzene rings is 1. The molecule has 1 amide bonds. The number of rotatable bonds is 6. The van der Waals surface area contributed by atoms with Crippen LogP contribution in [0.3, 0.4) is 0 Å². The molecule has 1 N–H and O–H groups in total. The monoisotopic (exact) mass is 290 g/mol. The van der Waals surface area contributed by atoms with Gasteiger partial charge in [0.2, 0.25) is 5.91 Å². The van der Waals surface area contributed by atoms with Gasteiger partial charge in [-0.15, -0.1) is 11.3 Å². The summed E-state index contributed by atoms with van der Waals surface area (Å²) >= 11 is 1.60. The largest absolute Gasteiger partial charge is 0.496 e. The van der Waals surface area contributed by atoms with Crippen LogP contribution in [0.25, 0.3) is 0 Å². The highest BCUT2D eigenvalue weighted by Gasteiger charge is 2.07. The zero-order valence-corrected chi connectivity index (χ0v) is 12.5. The summed E-state index contributed by atoms with van der Waals surface area (Å²) in [6.07, 6.45) is 2.94. The summed E-state index contributed by atoms with van der Waals surface area (Å²) in [4.78, 5) is 17.2. The van der Waals surface area contributed by atoms with Gasteiger partial charge in [0, 0.05) is 17.5 Å². The molecule has 0 spiro atoms. The highest BCUT2D eigenvalue weighted by molar-refractivity contribution is 7.11. The molecule has 4 nitrogen and oxygen atoms in total. The number of carbonyl (C=O) groups excluding carboxylic acids is 1. The van der Waals surface area contributed by atoms with Crippen molar-refractivity contribution >= 4 is 17.2 Å². The zero-order chi connectivity index (χ0) is 14.4. The third kappa shape index (κ3) is 4.06. The van der Waals surface area contributed by atoms with Crippen molar-refractivity contribution in [2.75, 3.05) is 7.11 Å². The first-order valence-electron chi connectivity index (χ1n) is 6.49. The Balaban J connectivity index is 1.80. The van der Waals surface area contributed by atoms with Crippen LogP contribution in [0.2, 0.25) is 0 Å². The minimum absolute atomic E-state index is 0.0313. The summed E-state index contributed by atoms with van der Waals surface area (Å²) in [6, 6.07) is 7.77. The van der Waals surface area contributed by atoms with Crippen LogP contribution in [0.15, 0.2) is 30.5 Å². The van der Waals surface area contributed by atoms with Gasteiger partial charge in [-0.1, -0.05) is 18.2 Å². The molecule has 1 aromatic heterocycles. The van der Waals surface area contributed by atoms with Gasteiger partial charge in [0.25, 0.3) is 0 Å². The van der Waals surface area contributed by atoms with Crippen molar-refractivity contribution in [2.24, 2.45) is 0 Å². The molecule has 0 saturated heterocycles. The Bertz CT molecular complexity index is 581. The van der Waals surface area contributed by atoms with Crippen molar-refractivity contribution in [3.05, 3.63) is 45.9 Å². The number of para-hydroxylation sites is 1. The lowest BCUT2D eigenvalue weighted by Gasteiger charge is -2.08. The third-order valence-electron chi connectivity index (χ3n) is 2.92. The highest BCUT2D eigenvalue weighted by atomic mass is 32.1. The fourth-order valence-electron chi connectivity index (χ4n) is 1.90. The van der Waals surface area contributed by atoms with E-state index in [4.69, 9.17) is 4.74 Å². The first-order valence-corrected chi connectivity index (χ1v) is 7.30. The van der Waals surface area contributed by atoms with E-state index in [1.165, 1.54) is 0 Å². The SMILES string of the molecule is COc1ccccc1CCC(=O)NCc1ncc(C)s1. The van der Waals surface area contributed by atoms with Crippen LogP contribution in [0.4, 0.5) is 0 Å². The maximum absolute atomic E-state index is 11.8. The molecule has 5 heteroatoms. The number of hydrogen-bond acceptors (Lipinski definition) is 4. The van der Waals surface area contributed by atoms with E-state index >= 15 is 0 Å². The molecular weight excluding hydrogens is 272 g/mol. The number of amides is 1. The van der Waals surface area contributed by atoms with E-state index in [1.807, 2.05) is 37.4 Å². The average Bonchev–Trinajstić information content (AvgIpc) is 2.89. The Hall–Kier alpha value is -1.88. The van der Waals surface area contributed by atoms with E-state index in [-0.39, 0.29) is 5.91 Å². The van der Waals surface area contributed by atoms with Crippen molar-refractivity contribution in [3.8, 4) is 5.75 Å². The summed E-state index contributed by atoms with van der Waals surface area (Å²) in [7, 11) is 1.64. The quantitative estimate of drug-likeness (QED) is 0.890. The van der Waals surface area contributed by atoms with Crippen LogP contribution < -0.4 is 10.1 Å². The Kier molecular flexibility index (Phi) is 5.12. The Morgan fingerprint density at radius 2 is 2.20 bits per heavy atom. The zero-order valence-electron chi connectivity index (χ0n) is 11.7. The van der Waals surface area contributed by atoms with Gasteiger partial charge in [-0.05, 0) is 25.0 Å². The van der Waals surface area contributed by atoms with Crippen LogP contribution in [0, 0.1) is 6.92 Å². The third-order valence-corrected chi connectivity index (χ3v) is 3.83. The lowest BCUT2D eigenvalue weighted by Crippen LogP contribution is -2.22. The number of thiazole rings is 1. The van der Waals surface area contributed by atoms with Crippen LogP contribution in [0.5, 0.6) is 5.75 Å². The summed E-state index contributed by atoms with van der Waals surface area (Å²) < 4.78 is 5.27. The molecule has 0 saturated carbocycles.